The van der Waals surface area contributed by atoms with Crippen LogP contribution in [-0.2, 0) is 24.0 Å². The molecule has 1 saturated heterocycles. The molecule has 1 saturated carbocycles. The van der Waals surface area contributed by atoms with Gasteiger partial charge in [-0.05, 0) is 66.6 Å². The molecule has 1 amide bonds. The summed E-state index contributed by atoms with van der Waals surface area (Å²) in [5.41, 5.74) is 1.15. The van der Waals surface area contributed by atoms with Crippen molar-refractivity contribution in [3.63, 3.8) is 0 Å². The van der Waals surface area contributed by atoms with Crippen LogP contribution in [0.3, 0.4) is 0 Å². The summed E-state index contributed by atoms with van der Waals surface area (Å²) < 4.78 is 48.2. The van der Waals surface area contributed by atoms with E-state index in [1.54, 1.807) is 25.2 Å². The van der Waals surface area contributed by atoms with E-state index in [9.17, 15) is 18.0 Å². The van der Waals surface area contributed by atoms with E-state index in [1.807, 2.05) is 19.1 Å². The number of carbonyl (C=O) groups excluding carboxylic acids is 1. The van der Waals surface area contributed by atoms with Gasteiger partial charge in [-0.15, -0.1) is 0 Å². The standard InChI is InChI=1S/C29H34F3N5O2/c1-18-14-36(9-10-39-18)15-19-11-23-24(25(12-19)29(30,31)32)16-37(28(23)38)22-8-4-7-21(13-22)26(20-5-3-6-20)27(34)35(2)17-33/h4,7-8,11-13,17-18,20,26,33-34H,3,5-6,9-10,14-16H2,1-2H3/t18-,26+/m1/s1. The van der Waals surface area contributed by atoms with Gasteiger partial charge in [-0.25, -0.2) is 0 Å². The highest BCUT2D eigenvalue weighted by Gasteiger charge is 2.41. The molecule has 0 unspecified atom stereocenters. The molecular formula is C29H34F3N5O2. The monoisotopic (exact) mass is 541 g/mol. The Morgan fingerprint density at radius 3 is 2.67 bits per heavy atom. The Morgan fingerprint density at radius 2 is 2.03 bits per heavy atom. The zero-order chi connectivity index (χ0) is 27.9. The molecule has 0 bridgehead atoms. The third kappa shape index (κ3) is 5.45. The molecular weight excluding hydrogens is 507 g/mol. The van der Waals surface area contributed by atoms with E-state index < -0.39 is 17.6 Å². The summed E-state index contributed by atoms with van der Waals surface area (Å²) in [5, 5.41) is 16.3. The summed E-state index contributed by atoms with van der Waals surface area (Å²) in [6.45, 7) is 3.86. The first kappa shape index (κ1) is 27.3. The van der Waals surface area contributed by atoms with Gasteiger partial charge in [0.05, 0.1) is 31.2 Å². The number of rotatable bonds is 7. The maximum Gasteiger partial charge on any atom is 0.416 e. The summed E-state index contributed by atoms with van der Waals surface area (Å²) in [4.78, 5) is 18.5. The van der Waals surface area contributed by atoms with Gasteiger partial charge in [0.15, 0.2) is 0 Å². The molecule has 2 aliphatic heterocycles. The molecule has 7 nitrogen and oxygen atoms in total. The number of benzene rings is 2. The van der Waals surface area contributed by atoms with Crippen LogP contribution in [0.5, 0.6) is 0 Å². The average Bonchev–Trinajstić information content (AvgIpc) is 3.20. The molecule has 208 valence electrons. The van der Waals surface area contributed by atoms with Crippen molar-refractivity contribution in [2.24, 2.45) is 5.92 Å². The van der Waals surface area contributed by atoms with Crippen molar-refractivity contribution in [3.05, 3.63) is 64.2 Å². The maximum absolute atomic E-state index is 14.2. The number of hydrogen-bond donors (Lipinski definition) is 2. The normalized spacial score (nSPS) is 20.9. The lowest BCUT2D eigenvalue weighted by Crippen LogP contribution is -2.40. The molecule has 0 radical (unpaired) electrons. The number of nitrogens with zero attached hydrogens (tertiary/aromatic N) is 3. The summed E-state index contributed by atoms with van der Waals surface area (Å²) in [7, 11) is 1.67. The van der Waals surface area contributed by atoms with Gasteiger partial charge in [0, 0.05) is 43.9 Å². The zero-order valence-electron chi connectivity index (χ0n) is 22.2. The lowest BCUT2D eigenvalue weighted by molar-refractivity contribution is -0.138. The molecule has 2 atom stereocenters. The predicted octanol–water partition coefficient (Wildman–Crippen LogP) is 5.49. The van der Waals surface area contributed by atoms with E-state index >= 15 is 0 Å². The van der Waals surface area contributed by atoms with Gasteiger partial charge >= 0.3 is 6.18 Å². The van der Waals surface area contributed by atoms with Crippen LogP contribution < -0.4 is 4.90 Å². The molecule has 2 heterocycles. The quantitative estimate of drug-likeness (QED) is 0.359. The van der Waals surface area contributed by atoms with E-state index in [0.29, 0.717) is 43.3 Å². The first-order valence-electron chi connectivity index (χ1n) is 13.4. The Balaban J connectivity index is 1.47. The van der Waals surface area contributed by atoms with Crippen molar-refractivity contribution in [3.8, 4) is 0 Å². The fourth-order valence-corrected chi connectivity index (χ4v) is 5.91. The first-order chi connectivity index (χ1) is 18.6. The lowest BCUT2D eigenvalue weighted by Gasteiger charge is -2.36. The predicted molar refractivity (Wildman–Crippen MR) is 143 cm³/mol. The topological polar surface area (TPSA) is 83.7 Å². The number of alkyl halides is 3. The Bertz CT molecular complexity index is 1280. The number of hydrogen-bond acceptors (Lipinski definition) is 5. The van der Waals surface area contributed by atoms with Crippen LogP contribution in [0, 0.1) is 16.7 Å². The molecule has 2 aromatic carbocycles. The van der Waals surface area contributed by atoms with E-state index in [1.165, 1.54) is 15.9 Å². The first-order valence-corrected chi connectivity index (χ1v) is 13.4. The Hall–Kier alpha value is -3.24. The largest absolute Gasteiger partial charge is 0.416 e. The zero-order valence-corrected chi connectivity index (χ0v) is 22.2. The minimum Gasteiger partial charge on any atom is -0.376 e. The smallest absolute Gasteiger partial charge is 0.376 e. The minimum absolute atomic E-state index is 0.00343. The van der Waals surface area contributed by atoms with Gasteiger partial charge < -0.3 is 14.5 Å². The van der Waals surface area contributed by atoms with Gasteiger partial charge in [0.2, 0.25) is 0 Å². The van der Waals surface area contributed by atoms with Crippen molar-refractivity contribution < 1.29 is 22.7 Å². The number of carbonyl (C=O) groups is 1. The van der Waals surface area contributed by atoms with Crippen molar-refractivity contribution in [1.82, 2.24) is 9.80 Å². The van der Waals surface area contributed by atoms with Crippen LogP contribution in [0.25, 0.3) is 0 Å². The van der Waals surface area contributed by atoms with Crippen LogP contribution in [0.1, 0.15) is 64.7 Å². The van der Waals surface area contributed by atoms with Gasteiger partial charge in [0.1, 0.15) is 5.84 Å². The van der Waals surface area contributed by atoms with Crippen molar-refractivity contribution in [2.75, 3.05) is 31.6 Å². The van der Waals surface area contributed by atoms with Crippen LogP contribution in [0.15, 0.2) is 36.4 Å². The minimum atomic E-state index is -4.59. The fourth-order valence-electron chi connectivity index (χ4n) is 5.91. The van der Waals surface area contributed by atoms with E-state index in [2.05, 4.69) is 4.90 Å². The third-order valence-corrected chi connectivity index (χ3v) is 8.17. The Kier molecular flexibility index (Phi) is 7.52. The summed E-state index contributed by atoms with van der Waals surface area (Å²) >= 11 is 0. The molecule has 0 aromatic heterocycles. The van der Waals surface area contributed by atoms with Crippen LogP contribution >= 0.6 is 0 Å². The summed E-state index contributed by atoms with van der Waals surface area (Å²) in [6.07, 6.45) is -0.462. The van der Waals surface area contributed by atoms with Gasteiger partial charge in [-0.1, -0.05) is 18.6 Å². The number of likely N-dealkylation sites (N-methyl/N-ethyl adjacent to an activating group) is 1. The second kappa shape index (κ2) is 10.7. The molecule has 5 rings (SSSR count). The van der Waals surface area contributed by atoms with Crippen LogP contribution in [0.4, 0.5) is 18.9 Å². The fraction of sp³-hybridized carbons (Fsp3) is 0.483. The second-order valence-electron chi connectivity index (χ2n) is 10.9. The number of amidine groups is 1. The number of ether oxygens (including phenoxy) is 1. The SMILES string of the molecule is C[C@@H]1CN(Cc2cc3c(c(C(F)(F)F)c2)CN(c2cccc([C@@H](C(=N)N(C)C=N)C4CCC4)c2)C3=O)CCO1. The molecule has 39 heavy (non-hydrogen) atoms. The number of amides is 1. The van der Waals surface area contributed by atoms with Crippen LogP contribution in [-0.4, -0.2) is 60.7 Å². The highest BCUT2D eigenvalue weighted by molar-refractivity contribution is 6.10. The molecule has 2 fully saturated rings. The summed E-state index contributed by atoms with van der Waals surface area (Å²) in [5.74, 6) is -0.149. The van der Waals surface area contributed by atoms with Gasteiger partial charge in [0.25, 0.3) is 5.91 Å². The number of halogens is 3. The highest BCUT2D eigenvalue weighted by Crippen LogP contribution is 2.43. The second-order valence-corrected chi connectivity index (χ2v) is 10.9. The maximum atomic E-state index is 14.2. The lowest BCUT2D eigenvalue weighted by atomic mass is 9.72. The summed E-state index contributed by atoms with van der Waals surface area (Å²) in [6, 6.07) is 10.0. The molecule has 0 spiro atoms. The highest BCUT2D eigenvalue weighted by atomic mass is 19.4. The van der Waals surface area contributed by atoms with Crippen molar-refractivity contribution >= 4 is 23.8 Å². The Labute approximate surface area is 226 Å². The van der Waals surface area contributed by atoms with Crippen molar-refractivity contribution in [1.29, 1.82) is 10.8 Å². The van der Waals surface area contributed by atoms with Gasteiger partial charge in [-0.3, -0.25) is 20.5 Å². The van der Waals surface area contributed by atoms with E-state index in [0.717, 1.165) is 31.2 Å². The molecule has 3 aliphatic rings. The molecule has 2 N–H and O–H groups in total. The number of fused-ring (bicyclic) bond motifs is 1. The number of morpholine rings is 1. The molecule has 1 aliphatic carbocycles. The van der Waals surface area contributed by atoms with E-state index in [4.69, 9.17) is 15.6 Å². The van der Waals surface area contributed by atoms with Crippen molar-refractivity contribution in [2.45, 2.75) is 57.5 Å². The number of nitrogens with one attached hydrogen (secondary N) is 2. The van der Waals surface area contributed by atoms with Crippen LogP contribution in [0.2, 0.25) is 0 Å². The number of anilines is 1. The molecule has 2 aromatic rings. The van der Waals surface area contributed by atoms with Gasteiger partial charge in [-0.2, -0.15) is 13.2 Å². The third-order valence-electron chi connectivity index (χ3n) is 8.17. The van der Waals surface area contributed by atoms with E-state index in [-0.39, 0.29) is 35.6 Å². The Morgan fingerprint density at radius 1 is 1.26 bits per heavy atom. The average molecular weight is 542 g/mol. The molecule has 10 heteroatoms.